The second-order valence-corrected chi connectivity index (χ2v) is 7.97. The summed E-state index contributed by atoms with van der Waals surface area (Å²) in [6.07, 6.45) is -4.55. The molecule has 0 bridgehead atoms. The Balaban J connectivity index is 1.69. The minimum absolute atomic E-state index is 0.000392. The minimum Gasteiger partial charge on any atom is -0.496 e. The maximum atomic E-state index is 13.8. The largest absolute Gasteiger partial charge is 0.496 e. The van der Waals surface area contributed by atoms with Crippen molar-refractivity contribution >= 4 is 22.8 Å². The number of benzene rings is 4. The molecule has 2 nitrogen and oxygen atoms in total. The van der Waals surface area contributed by atoms with E-state index in [9.17, 15) is 35.1 Å². The maximum absolute atomic E-state index is 13.8. The lowest BCUT2D eigenvalue weighted by Crippen LogP contribution is -2.05. The molecular weight excluding hydrogens is 504 g/mol. The molecule has 182 valence electrons. The molecule has 0 aromatic heterocycles. The fourth-order valence-corrected chi connectivity index (χ4v) is 4.01. The standard InChI is InChI=1S/C24H12F8O2S/c1-33-17-10-12(24(30,31)32)5-7-16(17)15-4-2-3-11-9-13(6-8-14(11)15)35-34-23-21(28)19(26)18(25)20(27)22(23)29/h2-10H,1H3. The van der Waals surface area contributed by atoms with Gasteiger partial charge in [-0.25, -0.2) is 13.2 Å². The van der Waals surface area contributed by atoms with E-state index in [1.165, 1.54) is 25.3 Å². The lowest BCUT2D eigenvalue weighted by molar-refractivity contribution is -0.137. The van der Waals surface area contributed by atoms with E-state index in [2.05, 4.69) is 0 Å². The highest BCUT2D eigenvalue weighted by molar-refractivity contribution is 7.95. The molecule has 0 saturated carbocycles. The number of hydrogen-bond acceptors (Lipinski definition) is 3. The van der Waals surface area contributed by atoms with Gasteiger partial charge >= 0.3 is 6.18 Å². The average Bonchev–Trinajstić information content (AvgIpc) is 2.84. The summed E-state index contributed by atoms with van der Waals surface area (Å²) in [5.74, 6) is -12.2. The van der Waals surface area contributed by atoms with Crippen molar-refractivity contribution in [1.29, 1.82) is 0 Å². The third-order valence-corrected chi connectivity index (χ3v) is 5.76. The summed E-state index contributed by atoms with van der Waals surface area (Å²) in [7, 11) is 1.25. The van der Waals surface area contributed by atoms with Crippen LogP contribution in [0.5, 0.6) is 11.5 Å². The molecule has 0 fully saturated rings. The van der Waals surface area contributed by atoms with Gasteiger partial charge in [-0.1, -0.05) is 30.3 Å². The Morgan fingerprint density at radius 3 is 2.00 bits per heavy atom. The first-order valence-electron chi connectivity index (χ1n) is 9.67. The Labute approximate surface area is 197 Å². The zero-order chi connectivity index (χ0) is 25.5. The molecule has 0 N–H and O–H groups in total. The highest BCUT2D eigenvalue weighted by atomic mass is 32.2. The van der Waals surface area contributed by atoms with Gasteiger partial charge in [0.25, 0.3) is 0 Å². The van der Waals surface area contributed by atoms with Crippen molar-refractivity contribution in [3.05, 3.63) is 89.2 Å². The number of methoxy groups -OCH3 is 1. The summed E-state index contributed by atoms with van der Waals surface area (Å²) in [6, 6.07) is 12.6. The third-order valence-electron chi connectivity index (χ3n) is 5.06. The fraction of sp³-hybridized carbons (Fsp3) is 0.0833. The molecule has 0 spiro atoms. The van der Waals surface area contributed by atoms with Gasteiger partial charge in [0.1, 0.15) is 5.75 Å². The molecule has 0 aliphatic carbocycles. The van der Waals surface area contributed by atoms with Crippen molar-refractivity contribution in [2.75, 3.05) is 7.11 Å². The van der Waals surface area contributed by atoms with Crippen LogP contribution in [0.3, 0.4) is 0 Å². The van der Waals surface area contributed by atoms with E-state index in [4.69, 9.17) is 8.92 Å². The number of fused-ring (bicyclic) bond motifs is 1. The molecule has 4 aromatic rings. The van der Waals surface area contributed by atoms with Crippen LogP contribution in [-0.2, 0) is 6.18 Å². The first kappa shape index (κ1) is 24.6. The molecule has 0 aliphatic rings. The van der Waals surface area contributed by atoms with Crippen LogP contribution in [0.15, 0.2) is 59.5 Å². The topological polar surface area (TPSA) is 18.5 Å². The maximum Gasteiger partial charge on any atom is 0.416 e. The van der Waals surface area contributed by atoms with E-state index < -0.39 is 46.6 Å². The van der Waals surface area contributed by atoms with Gasteiger partial charge in [0.05, 0.1) is 24.7 Å². The van der Waals surface area contributed by atoms with Crippen LogP contribution in [0.2, 0.25) is 0 Å². The summed E-state index contributed by atoms with van der Waals surface area (Å²) in [6.45, 7) is 0. The van der Waals surface area contributed by atoms with Gasteiger partial charge in [0.15, 0.2) is 0 Å². The molecule has 0 saturated heterocycles. The Morgan fingerprint density at radius 1 is 0.714 bits per heavy atom. The van der Waals surface area contributed by atoms with E-state index in [1.807, 2.05) is 0 Å². The van der Waals surface area contributed by atoms with Gasteiger partial charge in [-0.2, -0.15) is 22.0 Å². The SMILES string of the molecule is COc1cc(C(F)(F)F)ccc1-c1cccc2cc(SOc3c(F)c(F)c(F)c(F)c3F)ccc12. The van der Waals surface area contributed by atoms with Crippen molar-refractivity contribution in [1.82, 2.24) is 0 Å². The summed E-state index contributed by atoms with van der Waals surface area (Å²) in [5.41, 5.74) is 0.0665. The first-order chi connectivity index (χ1) is 16.5. The number of rotatable bonds is 5. The predicted octanol–water partition coefficient (Wildman–Crippen LogP) is 8.32. The molecular formula is C24H12F8O2S. The van der Waals surface area contributed by atoms with Gasteiger partial charge in [0.2, 0.25) is 34.8 Å². The van der Waals surface area contributed by atoms with Crippen molar-refractivity contribution in [2.45, 2.75) is 11.1 Å². The summed E-state index contributed by atoms with van der Waals surface area (Å²) in [5, 5.41) is 1.17. The van der Waals surface area contributed by atoms with Crippen molar-refractivity contribution in [3.8, 4) is 22.6 Å². The van der Waals surface area contributed by atoms with Crippen LogP contribution < -0.4 is 8.92 Å². The normalized spacial score (nSPS) is 11.7. The van der Waals surface area contributed by atoms with Crippen molar-refractivity contribution < 1.29 is 44.0 Å². The highest BCUT2D eigenvalue weighted by Crippen LogP contribution is 2.40. The molecule has 4 aromatic carbocycles. The quantitative estimate of drug-likeness (QED) is 0.115. The molecule has 0 amide bonds. The smallest absolute Gasteiger partial charge is 0.416 e. The van der Waals surface area contributed by atoms with Crippen LogP contribution in [0.4, 0.5) is 35.1 Å². The van der Waals surface area contributed by atoms with E-state index in [1.54, 1.807) is 24.3 Å². The monoisotopic (exact) mass is 516 g/mol. The first-order valence-corrected chi connectivity index (χ1v) is 10.4. The zero-order valence-corrected chi connectivity index (χ0v) is 18.3. The van der Waals surface area contributed by atoms with Crippen LogP contribution in [0.25, 0.3) is 21.9 Å². The predicted molar refractivity (Wildman–Crippen MR) is 114 cm³/mol. The fourth-order valence-electron chi connectivity index (χ4n) is 3.39. The van der Waals surface area contributed by atoms with E-state index in [0.29, 0.717) is 33.9 Å². The third kappa shape index (κ3) is 4.60. The van der Waals surface area contributed by atoms with Crippen molar-refractivity contribution in [2.24, 2.45) is 0 Å². The van der Waals surface area contributed by atoms with Crippen molar-refractivity contribution in [3.63, 3.8) is 0 Å². The second kappa shape index (κ2) is 9.29. The van der Waals surface area contributed by atoms with Gasteiger partial charge in [-0.15, -0.1) is 0 Å². The number of hydrogen-bond donors (Lipinski definition) is 0. The van der Waals surface area contributed by atoms with Gasteiger partial charge in [0, 0.05) is 10.5 Å². The van der Waals surface area contributed by atoms with E-state index in [-0.39, 0.29) is 10.6 Å². The number of ether oxygens (including phenoxy) is 1. The molecule has 35 heavy (non-hydrogen) atoms. The molecule has 0 unspecified atom stereocenters. The molecule has 11 heteroatoms. The lowest BCUT2D eigenvalue weighted by Gasteiger charge is -2.15. The Kier molecular flexibility index (Phi) is 6.54. The zero-order valence-electron chi connectivity index (χ0n) is 17.4. The van der Waals surface area contributed by atoms with Gasteiger partial charge in [-0.3, -0.25) is 0 Å². The van der Waals surface area contributed by atoms with Crippen LogP contribution in [0.1, 0.15) is 5.56 Å². The lowest BCUT2D eigenvalue weighted by atomic mass is 9.96. The molecule has 0 aliphatic heterocycles. The van der Waals surface area contributed by atoms with E-state index >= 15 is 0 Å². The van der Waals surface area contributed by atoms with Gasteiger partial charge in [-0.05, 0) is 40.6 Å². The molecule has 0 atom stereocenters. The Bertz CT molecular complexity index is 1410. The number of alkyl halides is 3. The van der Waals surface area contributed by atoms with E-state index in [0.717, 1.165) is 12.1 Å². The summed E-state index contributed by atoms with van der Waals surface area (Å²) in [4.78, 5) is 0.262. The van der Waals surface area contributed by atoms with Crippen LogP contribution in [0, 0.1) is 29.1 Å². The Hall–Kier alpha value is -3.47. The van der Waals surface area contributed by atoms with Crippen LogP contribution >= 0.6 is 12.0 Å². The molecule has 0 radical (unpaired) electrons. The second-order valence-electron chi connectivity index (χ2n) is 7.17. The number of halogens is 8. The van der Waals surface area contributed by atoms with Gasteiger partial charge < -0.3 is 8.92 Å². The summed E-state index contributed by atoms with van der Waals surface area (Å²) < 4.78 is 117. The van der Waals surface area contributed by atoms with Crippen LogP contribution in [-0.4, -0.2) is 7.11 Å². The molecule has 4 rings (SSSR count). The average molecular weight is 516 g/mol. The summed E-state index contributed by atoms with van der Waals surface area (Å²) >= 11 is 0.368. The Morgan fingerprint density at radius 2 is 1.37 bits per heavy atom. The minimum atomic E-state index is -4.55. The highest BCUT2D eigenvalue weighted by Gasteiger charge is 2.31. The molecule has 0 heterocycles.